The minimum absolute atomic E-state index is 0.200. The summed E-state index contributed by atoms with van der Waals surface area (Å²) >= 11 is 0. The van der Waals surface area contributed by atoms with E-state index in [1.54, 1.807) is 12.1 Å². The van der Waals surface area contributed by atoms with Crippen molar-refractivity contribution in [2.45, 2.75) is 32.9 Å². The van der Waals surface area contributed by atoms with E-state index in [0.717, 1.165) is 71.3 Å². The summed E-state index contributed by atoms with van der Waals surface area (Å²) in [5.74, 6) is 1.04. The van der Waals surface area contributed by atoms with Crippen molar-refractivity contribution in [3.63, 3.8) is 0 Å². The number of benzene rings is 1. The van der Waals surface area contributed by atoms with Gasteiger partial charge in [0.2, 0.25) is 0 Å². The van der Waals surface area contributed by atoms with Crippen LogP contribution in [0.5, 0.6) is 5.75 Å². The molecule has 2 N–H and O–H groups in total. The Labute approximate surface area is 184 Å². The number of nitrogens with one attached hydrogen (secondary N) is 2. The van der Waals surface area contributed by atoms with Gasteiger partial charge in [-0.15, -0.1) is 0 Å². The average Bonchev–Trinajstić information content (AvgIpc) is 3.22. The predicted octanol–water partition coefficient (Wildman–Crippen LogP) is 2.06. The Morgan fingerprint density at radius 3 is 2.58 bits per heavy atom. The first-order valence-corrected chi connectivity index (χ1v) is 11.4. The van der Waals surface area contributed by atoms with E-state index in [1.807, 2.05) is 12.1 Å². The van der Waals surface area contributed by atoms with Crippen molar-refractivity contribution < 1.29 is 13.5 Å². The summed E-state index contributed by atoms with van der Waals surface area (Å²) in [6, 6.07) is 7.18. The van der Waals surface area contributed by atoms with Gasteiger partial charge in [-0.1, -0.05) is 19.1 Å². The van der Waals surface area contributed by atoms with E-state index >= 15 is 0 Å². The molecule has 0 saturated carbocycles. The van der Waals surface area contributed by atoms with Crippen LogP contribution in [0.3, 0.4) is 0 Å². The van der Waals surface area contributed by atoms with Crippen molar-refractivity contribution in [1.82, 2.24) is 20.4 Å². The minimum atomic E-state index is -2.82. The second-order valence-corrected chi connectivity index (χ2v) is 7.96. The smallest absolute Gasteiger partial charge is 0.387 e. The number of piperazine rings is 1. The van der Waals surface area contributed by atoms with Crippen LogP contribution in [0.1, 0.15) is 20.3 Å². The Bertz CT molecular complexity index is 696. The molecule has 2 aliphatic heterocycles. The van der Waals surface area contributed by atoms with Gasteiger partial charge in [0.15, 0.2) is 5.96 Å². The standard InChI is InChI=1S/C22H36F2N6O/c1-3-25-22(26-10-12-29-15-13-28(4-2)14-16-29)27-18-9-11-30(17-18)19-7-5-6-8-20(19)31-21(23)24/h5-8,18,21H,3-4,9-17H2,1-2H3,(H2,25,26,27). The molecule has 0 amide bonds. The first-order valence-electron chi connectivity index (χ1n) is 11.4. The van der Waals surface area contributed by atoms with E-state index in [4.69, 9.17) is 9.73 Å². The molecule has 174 valence electrons. The Hall–Kier alpha value is -2.13. The van der Waals surface area contributed by atoms with Crippen LogP contribution in [-0.2, 0) is 0 Å². The molecule has 0 aromatic heterocycles. The number of nitrogens with zero attached hydrogens (tertiary/aromatic N) is 4. The zero-order valence-electron chi connectivity index (χ0n) is 18.7. The van der Waals surface area contributed by atoms with Crippen LogP contribution in [0, 0.1) is 0 Å². The van der Waals surface area contributed by atoms with Crippen molar-refractivity contribution in [3.05, 3.63) is 24.3 Å². The molecule has 2 fully saturated rings. The van der Waals surface area contributed by atoms with Crippen LogP contribution in [-0.4, -0.2) is 93.9 Å². The Balaban J connectivity index is 1.50. The third-order valence-electron chi connectivity index (χ3n) is 5.89. The molecule has 0 bridgehead atoms. The van der Waals surface area contributed by atoms with Crippen LogP contribution in [0.4, 0.5) is 14.5 Å². The molecule has 1 atom stereocenters. The second-order valence-electron chi connectivity index (χ2n) is 7.96. The number of guanidine groups is 1. The lowest BCUT2D eigenvalue weighted by Crippen LogP contribution is -2.47. The van der Waals surface area contributed by atoms with Crippen molar-refractivity contribution in [2.75, 3.05) is 70.3 Å². The molecule has 9 heteroatoms. The van der Waals surface area contributed by atoms with Gasteiger partial charge < -0.3 is 25.2 Å². The highest BCUT2D eigenvalue weighted by molar-refractivity contribution is 5.80. The number of aliphatic imine (C=N–C) groups is 1. The van der Waals surface area contributed by atoms with Crippen LogP contribution < -0.4 is 20.3 Å². The largest absolute Gasteiger partial charge is 0.433 e. The molecular weight excluding hydrogens is 402 g/mol. The average molecular weight is 439 g/mol. The quantitative estimate of drug-likeness (QED) is 0.455. The van der Waals surface area contributed by atoms with Crippen LogP contribution in [0.25, 0.3) is 0 Å². The molecule has 2 heterocycles. The highest BCUT2D eigenvalue weighted by Crippen LogP contribution is 2.31. The third-order valence-corrected chi connectivity index (χ3v) is 5.89. The summed E-state index contributed by atoms with van der Waals surface area (Å²) in [5, 5.41) is 6.84. The van der Waals surface area contributed by atoms with E-state index < -0.39 is 6.61 Å². The van der Waals surface area contributed by atoms with Gasteiger partial charge in [-0.25, -0.2) is 0 Å². The monoisotopic (exact) mass is 438 g/mol. The maximum atomic E-state index is 12.7. The number of alkyl halides is 2. The van der Waals surface area contributed by atoms with E-state index in [2.05, 4.69) is 39.2 Å². The summed E-state index contributed by atoms with van der Waals surface area (Å²) < 4.78 is 30.2. The van der Waals surface area contributed by atoms with Gasteiger partial charge in [-0.05, 0) is 32.0 Å². The maximum absolute atomic E-state index is 12.7. The molecule has 2 saturated heterocycles. The molecule has 3 rings (SSSR count). The molecule has 0 aliphatic carbocycles. The zero-order chi connectivity index (χ0) is 22.1. The number of rotatable bonds is 9. The second kappa shape index (κ2) is 12.0. The number of ether oxygens (including phenoxy) is 1. The molecule has 1 unspecified atom stereocenters. The van der Waals surface area contributed by atoms with Gasteiger partial charge in [0, 0.05) is 58.4 Å². The number of halogens is 2. The van der Waals surface area contributed by atoms with E-state index in [-0.39, 0.29) is 11.8 Å². The predicted molar refractivity (Wildman–Crippen MR) is 121 cm³/mol. The topological polar surface area (TPSA) is 55.4 Å². The Morgan fingerprint density at radius 1 is 1.13 bits per heavy atom. The summed E-state index contributed by atoms with van der Waals surface area (Å²) in [5.41, 5.74) is 0.709. The van der Waals surface area contributed by atoms with Crippen molar-refractivity contribution in [1.29, 1.82) is 0 Å². The maximum Gasteiger partial charge on any atom is 0.387 e. The molecule has 1 aromatic carbocycles. The first kappa shape index (κ1) is 23.5. The SMILES string of the molecule is CCNC(=NCCN1CCN(CC)CC1)NC1CCN(c2ccccc2OC(F)F)C1. The molecule has 0 spiro atoms. The van der Waals surface area contributed by atoms with Crippen molar-refractivity contribution in [3.8, 4) is 5.75 Å². The Kier molecular flexibility index (Phi) is 9.14. The fourth-order valence-corrected chi connectivity index (χ4v) is 4.16. The Morgan fingerprint density at radius 2 is 1.87 bits per heavy atom. The third kappa shape index (κ3) is 7.21. The van der Waals surface area contributed by atoms with Gasteiger partial charge in [0.05, 0.1) is 12.2 Å². The van der Waals surface area contributed by atoms with E-state index in [0.29, 0.717) is 12.2 Å². The first-order chi connectivity index (χ1) is 15.1. The van der Waals surface area contributed by atoms with Crippen LogP contribution in [0.15, 0.2) is 29.3 Å². The highest BCUT2D eigenvalue weighted by atomic mass is 19.3. The van der Waals surface area contributed by atoms with Gasteiger partial charge >= 0.3 is 6.61 Å². The number of para-hydroxylation sites is 2. The zero-order valence-corrected chi connectivity index (χ0v) is 18.7. The van der Waals surface area contributed by atoms with Crippen molar-refractivity contribution >= 4 is 11.6 Å². The summed E-state index contributed by atoms with van der Waals surface area (Å²) in [4.78, 5) is 11.8. The van der Waals surface area contributed by atoms with Gasteiger partial charge in [-0.3, -0.25) is 9.89 Å². The lowest BCUT2D eigenvalue weighted by molar-refractivity contribution is -0.0495. The lowest BCUT2D eigenvalue weighted by Gasteiger charge is -2.33. The van der Waals surface area contributed by atoms with Crippen LogP contribution in [0.2, 0.25) is 0 Å². The van der Waals surface area contributed by atoms with E-state index in [9.17, 15) is 8.78 Å². The van der Waals surface area contributed by atoms with Crippen molar-refractivity contribution in [2.24, 2.45) is 4.99 Å². The van der Waals surface area contributed by atoms with Gasteiger partial charge in [0.25, 0.3) is 0 Å². The number of hydrogen-bond acceptors (Lipinski definition) is 5. The van der Waals surface area contributed by atoms with Crippen LogP contribution >= 0.6 is 0 Å². The number of anilines is 1. The summed E-state index contributed by atoms with van der Waals surface area (Å²) in [7, 11) is 0. The van der Waals surface area contributed by atoms with Gasteiger partial charge in [-0.2, -0.15) is 8.78 Å². The molecule has 0 radical (unpaired) electrons. The summed E-state index contributed by atoms with van der Waals surface area (Å²) in [6.45, 7) is 11.0. The van der Waals surface area contributed by atoms with E-state index in [1.165, 1.54) is 0 Å². The summed E-state index contributed by atoms with van der Waals surface area (Å²) in [6.07, 6.45) is 0.909. The fourth-order valence-electron chi connectivity index (χ4n) is 4.16. The van der Waals surface area contributed by atoms with Gasteiger partial charge in [0.1, 0.15) is 5.75 Å². The number of hydrogen-bond donors (Lipinski definition) is 2. The fraction of sp³-hybridized carbons (Fsp3) is 0.682. The lowest BCUT2D eigenvalue weighted by atomic mass is 10.2. The highest BCUT2D eigenvalue weighted by Gasteiger charge is 2.26. The molecule has 1 aromatic rings. The molecular formula is C22H36F2N6O. The number of likely N-dealkylation sites (N-methyl/N-ethyl adjacent to an activating group) is 1. The minimum Gasteiger partial charge on any atom is -0.433 e. The molecule has 2 aliphatic rings. The normalized spacial score (nSPS) is 21.0. The molecule has 7 nitrogen and oxygen atoms in total. The molecule has 31 heavy (non-hydrogen) atoms.